The Morgan fingerprint density at radius 3 is 2.24 bits per heavy atom. The van der Waals surface area contributed by atoms with E-state index in [2.05, 4.69) is 9.97 Å². The van der Waals surface area contributed by atoms with Crippen molar-refractivity contribution in [1.82, 2.24) is 14.9 Å². The lowest BCUT2D eigenvalue weighted by atomic mass is 10.0. The maximum absolute atomic E-state index is 14.1. The van der Waals surface area contributed by atoms with E-state index in [4.69, 9.17) is 43.1 Å². The van der Waals surface area contributed by atoms with Crippen molar-refractivity contribution in [2.45, 2.75) is 51.8 Å². The van der Waals surface area contributed by atoms with Crippen LogP contribution in [0, 0.1) is 0 Å². The number of nitrogen functional groups attached to an aromatic ring is 1. The fraction of sp³-hybridized carbons (Fsp3) is 0.500. The number of aromatic nitrogens is 2. The molecule has 13 heteroatoms. The maximum Gasteiger partial charge on any atom is 0.410 e. The van der Waals surface area contributed by atoms with Crippen molar-refractivity contribution < 1.29 is 23.8 Å². The van der Waals surface area contributed by atoms with Crippen molar-refractivity contribution in [1.29, 1.82) is 0 Å². The molecule has 2 aliphatic rings. The minimum atomic E-state index is -0.596. The molecule has 3 heterocycles. The number of hydrogen-bond donors (Lipinski definition) is 1. The largest absolute Gasteiger partial charge is 0.495 e. The molecule has 2 aliphatic heterocycles. The first-order valence-electron chi connectivity index (χ1n) is 11.7. The molecule has 0 bridgehead atoms. The SMILES string of the molecule is COc1cc(OC)c(Cl)c(N2Cc3cnc(N)nc3N(C3CCN(C(=O)OC(C)(C)C)CC3)C2=O)c1Cl. The highest BCUT2D eigenvalue weighted by atomic mass is 35.5. The van der Waals surface area contributed by atoms with Crippen molar-refractivity contribution in [2.75, 3.05) is 42.8 Å². The second-order valence-electron chi connectivity index (χ2n) is 9.77. The number of benzene rings is 1. The zero-order chi connectivity index (χ0) is 27.1. The number of nitrogens with two attached hydrogens (primary N) is 1. The number of fused-ring (bicyclic) bond motifs is 1. The third-order valence-corrected chi connectivity index (χ3v) is 6.89. The third-order valence-electron chi connectivity index (χ3n) is 6.16. The molecule has 37 heavy (non-hydrogen) atoms. The van der Waals surface area contributed by atoms with Crippen LogP contribution in [0.5, 0.6) is 11.5 Å². The summed E-state index contributed by atoms with van der Waals surface area (Å²) in [5, 5.41) is 0.335. The minimum Gasteiger partial charge on any atom is -0.495 e. The predicted molar refractivity (Wildman–Crippen MR) is 141 cm³/mol. The smallest absolute Gasteiger partial charge is 0.410 e. The molecule has 2 N–H and O–H groups in total. The molecule has 2 aromatic rings. The van der Waals surface area contributed by atoms with Gasteiger partial charge in [0.05, 0.1) is 26.5 Å². The molecule has 0 spiro atoms. The summed E-state index contributed by atoms with van der Waals surface area (Å²) in [6.45, 7) is 6.40. The van der Waals surface area contributed by atoms with E-state index in [-0.39, 0.29) is 46.4 Å². The summed E-state index contributed by atoms with van der Waals surface area (Å²) in [7, 11) is 2.93. The summed E-state index contributed by atoms with van der Waals surface area (Å²) >= 11 is 13.3. The monoisotopic (exact) mass is 552 g/mol. The first kappa shape index (κ1) is 26.9. The Morgan fingerprint density at radius 1 is 1.11 bits per heavy atom. The average Bonchev–Trinajstić information content (AvgIpc) is 2.84. The lowest BCUT2D eigenvalue weighted by Gasteiger charge is -2.43. The molecule has 3 amide bonds. The van der Waals surface area contributed by atoms with Gasteiger partial charge >= 0.3 is 12.1 Å². The van der Waals surface area contributed by atoms with E-state index in [1.165, 1.54) is 19.1 Å². The first-order chi connectivity index (χ1) is 17.4. The number of amides is 3. The van der Waals surface area contributed by atoms with Gasteiger partial charge in [0.1, 0.15) is 33.0 Å². The van der Waals surface area contributed by atoms with Gasteiger partial charge in [0.15, 0.2) is 0 Å². The Kier molecular flexibility index (Phi) is 7.48. The van der Waals surface area contributed by atoms with Gasteiger partial charge in [0.2, 0.25) is 5.95 Å². The van der Waals surface area contributed by atoms with E-state index in [1.807, 2.05) is 20.8 Å². The van der Waals surface area contributed by atoms with Crippen LogP contribution >= 0.6 is 23.2 Å². The molecular weight excluding hydrogens is 523 g/mol. The molecule has 0 radical (unpaired) electrons. The van der Waals surface area contributed by atoms with Crippen LogP contribution in [-0.2, 0) is 11.3 Å². The number of rotatable bonds is 4. The number of hydrogen-bond acceptors (Lipinski definition) is 8. The van der Waals surface area contributed by atoms with Crippen LogP contribution < -0.4 is 25.0 Å². The lowest BCUT2D eigenvalue weighted by Crippen LogP contribution is -2.56. The molecular formula is C24H30Cl2N6O5. The minimum absolute atomic E-state index is 0.0512. The summed E-state index contributed by atoms with van der Waals surface area (Å²) in [6.07, 6.45) is 2.21. The van der Waals surface area contributed by atoms with Gasteiger partial charge in [-0.3, -0.25) is 9.80 Å². The van der Waals surface area contributed by atoms with Crippen LogP contribution in [0.2, 0.25) is 10.0 Å². The van der Waals surface area contributed by atoms with Crippen molar-refractivity contribution in [2.24, 2.45) is 0 Å². The van der Waals surface area contributed by atoms with E-state index in [1.54, 1.807) is 22.1 Å². The van der Waals surface area contributed by atoms with Crippen molar-refractivity contribution in [3.05, 3.63) is 27.9 Å². The molecule has 1 fully saturated rings. The number of halogens is 2. The van der Waals surface area contributed by atoms with Gasteiger partial charge in [-0.25, -0.2) is 14.6 Å². The van der Waals surface area contributed by atoms with Gasteiger partial charge in [-0.05, 0) is 33.6 Å². The number of nitrogens with zero attached hydrogens (tertiary/aromatic N) is 5. The van der Waals surface area contributed by atoms with Crippen molar-refractivity contribution in [3.8, 4) is 11.5 Å². The number of piperidine rings is 1. The van der Waals surface area contributed by atoms with Crippen LogP contribution in [0.3, 0.4) is 0 Å². The van der Waals surface area contributed by atoms with Crippen LogP contribution in [0.1, 0.15) is 39.2 Å². The predicted octanol–water partition coefficient (Wildman–Crippen LogP) is 4.73. The number of carbonyl (C=O) groups is 2. The van der Waals surface area contributed by atoms with Crippen LogP contribution in [0.15, 0.2) is 12.3 Å². The van der Waals surface area contributed by atoms with Gasteiger partial charge in [-0.2, -0.15) is 4.98 Å². The molecule has 0 saturated carbocycles. The van der Waals surface area contributed by atoms with Gasteiger partial charge < -0.3 is 24.8 Å². The van der Waals surface area contributed by atoms with E-state index < -0.39 is 5.60 Å². The molecule has 0 unspecified atom stereocenters. The number of likely N-dealkylation sites (tertiary alicyclic amines) is 1. The number of anilines is 3. The number of ether oxygens (including phenoxy) is 3. The fourth-order valence-electron chi connectivity index (χ4n) is 4.44. The summed E-state index contributed by atoms with van der Waals surface area (Å²) in [5.74, 6) is 1.09. The zero-order valence-electron chi connectivity index (χ0n) is 21.4. The van der Waals surface area contributed by atoms with E-state index in [0.717, 1.165) is 0 Å². The fourth-order valence-corrected chi connectivity index (χ4v) is 5.14. The molecule has 11 nitrogen and oxygen atoms in total. The number of carbonyl (C=O) groups excluding carboxylic acids is 2. The second kappa shape index (κ2) is 10.3. The quantitative estimate of drug-likeness (QED) is 0.577. The summed E-state index contributed by atoms with van der Waals surface area (Å²) in [5.41, 5.74) is 6.21. The van der Waals surface area contributed by atoms with E-state index >= 15 is 0 Å². The third kappa shape index (κ3) is 5.28. The van der Waals surface area contributed by atoms with Gasteiger partial charge in [0.25, 0.3) is 0 Å². The van der Waals surface area contributed by atoms with Crippen LogP contribution in [0.4, 0.5) is 27.0 Å². The highest BCUT2D eigenvalue weighted by Crippen LogP contribution is 2.48. The topological polar surface area (TPSA) is 123 Å². The molecule has 1 aromatic heterocycles. The molecule has 200 valence electrons. The molecule has 0 aliphatic carbocycles. The molecule has 1 aromatic carbocycles. The van der Waals surface area contributed by atoms with Gasteiger partial charge in [-0.1, -0.05) is 23.2 Å². The number of urea groups is 1. The Labute approximate surface area is 225 Å². The Bertz CT molecular complexity index is 1180. The van der Waals surface area contributed by atoms with Crippen molar-refractivity contribution in [3.63, 3.8) is 0 Å². The summed E-state index contributed by atoms with van der Waals surface area (Å²) in [4.78, 5) is 39.8. The Hall–Kier alpha value is -3.18. The molecule has 0 atom stereocenters. The van der Waals surface area contributed by atoms with E-state index in [0.29, 0.717) is 48.8 Å². The van der Waals surface area contributed by atoms with Gasteiger partial charge in [-0.15, -0.1) is 0 Å². The van der Waals surface area contributed by atoms with Crippen LogP contribution in [-0.4, -0.2) is 65.9 Å². The molecule has 4 rings (SSSR count). The second-order valence-corrected chi connectivity index (χ2v) is 10.5. The van der Waals surface area contributed by atoms with E-state index in [9.17, 15) is 9.59 Å². The van der Waals surface area contributed by atoms with Crippen LogP contribution in [0.25, 0.3) is 0 Å². The lowest BCUT2D eigenvalue weighted by molar-refractivity contribution is 0.0206. The summed E-state index contributed by atoms with van der Waals surface area (Å²) < 4.78 is 16.3. The summed E-state index contributed by atoms with van der Waals surface area (Å²) in [6, 6.07) is 0.900. The first-order valence-corrected chi connectivity index (χ1v) is 12.5. The highest BCUT2D eigenvalue weighted by Gasteiger charge is 2.41. The average molecular weight is 553 g/mol. The maximum atomic E-state index is 14.1. The standard InChI is InChI=1S/C24H30Cl2N6O5/c1-24(2,3)37-23(34)30-8-6-14(7-9-30)32-20-13(11-28-21(27)29-20)12-31(22(32)33)19-17(25)15(35-4)10-16(36-5)18(19)26/h10-11,14H,6-9,12H2,1-5H3,(H2,27,28,29). The van der Waals surface area contributed by atoms with Gasteiger partial charge in [0, 0.05) is 37.0 Å². The zero-order valence-corrected chi connectivity index (χ0v) is 22.9. The Morgan fingerprint density at radius 2 is 1.70 bits per heavy atom. The normalized spacial score (nSPS) is 16.5. The van der Waals surface area contributed by atoms with Crippen molar-refractivity contribution >= 4 is 52.8 Å². The molecule has 1 saturated heterocycles. The number of methoxy groups -OCH3 is 2. The Balaban J connectivity index is 1.69. The highest BCUT2D eigenvalue weighted by molar-refractivity contribution is 6.42.